The van der Waals surface area contributed by atoms with Gasteiger partial charge in [0.1, 0.15) is 5.56 Å². The summed E-state index contributed by atoms with van der Waals surface area (Å²) >= 11 is 0. The van der Waals surface area contributed by atoms with Crippen molar-refractivity contribution in [2.45, 2.75) is 0 Å². The van der Waals surface area contributed by atoms with E-state index in [1.54, 1.807) is 0 Å². The zero-order chi connectivity index (χ0) is 10.2. The molecule has 13 heavy (non-hydrogen) atoms. The third kappa shape index (κ3) is 1.37. The van der Waals surface area contributed by atoms with E-state index >= 15 is 0 Å². The quantitative estimate of drug-likeness (QED) is 0.569. The highest BCUT2D eigenvalue weighted by molar-refractivity contribution is 5.90. The highest BCUT2D eigenvalue weighted by Gasteiger charge is 2.19. The molecule has 0 aliphatic rings. The van der Waals surface area contributed by atoms with E-state index in [-0.39, 0.29) is 5.69 Å². The largest absolute Gasteiger partial charge is 0.478 e. The van der Waals surface area contributed by atoms with E-state index in [1.165, 1.54) is 0 Å². The number of halogens is 2. The fourth-order valence-electron chi connectivity index (χ4n) is 0.815. The maximum Gasteiger partial charge on any atom is 0.338 e. The molecule has 0 bridgehead atoms. The van der Waals surface area contributed by atoms with E-state index in [0.29, 0.717) is 0 Å². The molecule has 0 fully saturated rings. The third-order valence-electron chi connectivity index (χ3n) is 1.51. The molecule has 70 valence electrons. The lowest BCUT2D eigenvalue weighted by molar-refractivity contribution is 0.0691. The van der Waals surface area contributed by atoms with Gasteiger partial charge in [0.05, 0.1) is 11.4 Å². The van der Waals surface area contributed by atoms with Gasteiger partial charge in [-0.2, -0.15) is 0 Å². The number of hydrogen-bond donors (Lipinski definition) is 3. The van der Waals surface area contributed by atoms with Crippen molar-refractivity contribution in [1.82, 2.24) is 0 Å². The lowest BCUT2D eigenvalue weighted by Crippen LogP contribution is -2.08. The van der Waals surface area contributed by atoms with Gasteiger partial charge in [0.25, 0.3) is 0 Å². The number of nitrogen functional groups attached to an aromatic ring is 2. The third-order valence-corrected chi connectivity index (χ3v) is 1.51. The molecule has 0 aromatic heterocycles. The number of aromatic carboxylic acids is 1. The number of carboxylic acid groups (broad SMARTS) is 1. The second-order valence-electron chi connectivity index (χ2n) is 2.36. The Balaban J connectivity index is 3.50. The van der Waals surface area contributed by atoms with Crippen LogP contribution in [0.15, 0.2) is 6.07 Å². The normalized spacial score (nSPS) is 10.0. The Hall–Kier alpha value is -1.85. The molecule has 4 nitrogen and oxygen atoms in total. The van der Waals surface area contributed by atoms with E-state index in [4.69, 9.17) is 16.6 Å². The van der Waals surface area contributed by atoms with Gasteiger partial charge in [-0.15, -0.1) is 0 Å². The molecule has 0 saturated heterocycles. The molecule has 0 unspecified atom stereocenters. The average Bonchev–Trinajstić information content (AvgIpc) is 2.07. The second kappa shape index (κ2) is 2.89. The van der Waals surface area contributed by atoms with E-state index in [1.807, 2.05) is 0 Å². The lowest BCUT2D eigenvalue weighted by atomic mass is 10.1. The van der Waals surface area contributed by atoms with Crippen LogP contribution in [0.5, 0.6) is 0 Å². The molecule has 1 aromatic rings. The summed E-state index contributed by atoms with van der Waals surface area (Å²) < 4.78 is 25.6. The van der Waals surface area contributed by atoms with Crippen molar-refractivity contribution in [3.63, 3.8) is 0 Å². The van der Waals surface area contributed by atoms with Gasteiger partial charge in [-0.25, -0.2) is 13.6 Å². The van der Waals surface area contributed by atoms with Gasteiger partial charge in [0, 0.05) is 0 Å². The van der Waals surface area contributed by atoms with Crippen LogP contribution in [0.2, 0.25) is 0 Å². The minimum absolute atomic E-state index is 0.295. The van der Waals surface area contributed by atoms with Crippen molar-refractivity contribution in [2.75, 3.05) is 11.5 Å². The Labute approximate surface area is 71.8 Å². The van der Waals surface area contributed by atoms with Crippen molar-refractivity contribution in [3.8, 4) is 0 Å². The molecular formula is C7H6F2N2O2. The second-order valence-corrected chi connectivity index (χ2v) is 2.36. The Morgan fingerprint density at radius 3 is 2.31 bits per heavy atom. The van der Waals surface area contributed by atoms with Gasteiger partial charge in [-0.05, 0) is 6.07 Å². The molecule has 0 aliphatic carbocycles. The molecule has 0 aliphatic heterocycles. The van der Waals surface area contributed by atoms with Gasteiger partial charge in [-0.3, -0.25) is 0 Å². The predicted molar refractivity (Wildman–Crippen MR) is 42.1 cm³/mol. The fourth-order valence-corrected chi connectivity index (χ4v) is 0.815. The van der Waals surface area contributed by atoms with Gasteiger partial charge < -0.3 is 16.6 Å². The SMILES string of the molecule is Nc1cc(C(=O)O)c(F)c(F)c1N. The first-order valence-electron chi connectivity index (χ1n) is 3.21. The van der Waals surface area contributed by atoms with Crippen molar-refractivity contribution >= 4 is 17.3 Å². The first kappa shape index (κ1) is 9.24. The lowest BCUT2D eigenvalue weighted by Gasteiger charge is -2.04. The minimum atomic E-state index is -1.59. The molecule has 0 spiro atoms. The smallest absolute Gasteiger partial charge is 0.338 e. The van der Waals surface area contributed by atoms with Gasteiger partial charge in [0.15, 0.2) is 11.6 Å². The van der Waals surface area contributed by atoms with E-state index in [2.05, 4.69) is 0 Å². The van der Waals surface area contributed by atoms with Crippen molar-refractivity contribution in [2.24, 2.45) is 0 Å². The van der Waals surface area contributed by atoms with Crippen molar-refractivity contribution in [1.29, 1.82) is 0 Å². The Morgan fingerprint density at radius 1 is 1.31 bits per heavy atom. The van der Waals surface area contributed by atoms with Crippen LogP contribution in [0.4, 0.5) is 20.2 Å². The van der Waals surface area contributed by atoms with Crippen LogP contribution in [0.3, 0.4) is 0 Å². The molecule has 0 atom stereocenters. The summed E-state index contributed by atoms with van der Waals surface area (Å²) in [7, 11) is 0. The van der Waals surface area contributed by atoms with Crippen LogP contribution in [-0.4, -0.2) is 11.1 Å². The summed E-state index contributed by atoms with van der Waals surface area (Å²) in [5.41, 5.74) is 8.45. The van der Waals surface area contributed by atoms with Crippen LogP contribution in [0.1, 0.15) is 10.4 Å². The van der Waals surface area contributed by atoms with Gasteiger partial charge in [0.2, 0.25) is 0 Å². The Kier molecular flexibility index (Phi) is 2.05. The molecule has 0 heterocycles. The summed E-state index contributed by atoms with van der Waals surface area (Å²) in [6.45, 7) is 0. The Bertz CT molecular complexity index is 379. The minimum Gasteiger partial charge on any atom is -0.478 e. The molecular weight excluding hydrogens is 182 g/mol. The predicted octanol–water partition coefficient (Wildman–Crippen LogP) is 0.827. The average molecular weight is 188 g/mol. The first-order chi connectivity index (χ1) is 5.95. The standard InChI is InChI=1S/C7H6F2N2O2/c8-4-2(7(12)13)1-3(10)6(11)5(4)9/h1H,10-11H2,(H,12,13). The maximum atomic E-state index is 12.8. The molecule has 0 radical (unpaired) electrons. The Morgan fingerprint density at radius 2 is 1.85 bits per heavy atom. The number of hydrogen-bond acceptors (Lipinski definition) is 3. The van der Waals surface area contributed by atoms with E-state index < -0.39 is 28.9 Å². The maximum absolute atomic E-state index is 12.8. The molecule has 1 aromatic carbocycles. The summed E-state index contributed by atoms with van der Waals surface area (Å²) in [5, 5.41) is 8.40. The van der Waals surface area contributed by atoms with Gasteiger partial charge in [-0.1, -0.05) is 0 Å². The summed E-state index contributed by atoms with van der Waals surface area (Å²) in [5.74, 6) is -4.53. The number of nitrogens with two attached hydrogens (primary N) is 2. The first-order valence-corrected chi connectivity index (χ1v) is 3.21. The monoisotopic (exact) mass is 188 g/mol. The van der Waals surface area contributed by atoms with Crippen LogP contribution in [0, 0.1) is 11.6 Å². The molecule has 6 heteroatoms. The molecule has 1 rings (SSSR count). The number of carboxylic acids is 1. The zero-order valence-electron chi connectivity index (χ0n) is 6.34. The number of rotatable bonds is 1. The molecule has 0 amide bonds. The van der Waals surface area contributed by atoms with E-state index in [9.17, 15) is 13.6 Å². The van der Waals surface area contributed by atoms with Crippen molar-refractivity contribution in [3.05, 3.63) is 23.3 Å². The van der Waals surface area contributed by atoms with Crippen molar-refractivity contribution < 1.29 is 18.7 Å². The number of anilines is 2. The van der Waals surface area contributed by atoms with Crippen LogP contribution in [-0.2, 0) is 0 Å². The number of carbonyl (C=O) groups is 1. The van der Waals surface area contributed by atoms with Crippen LogP contribution in [0.25, 0.3) is 0 Å². The summed E-state index contributed by atoms with van der Waals surface area (Å²) in [6, 6.07) is 0.774. The van der Waals surface area contributed by atoms with E-state index in [0.717, 1.165) is 6.07 Å². The number of benzene rings is 1. The molecule has 0 saturated carbocycles. The van der Waals surface area contributed by atoms with Gasteiger partial charge >= 0.3 is 5.97 Å². The molecule has 5 N–H and O–H groups in total. The van der Waals surface area contributed by atoms with Crippen LogP contribution >= 0.6 is 0 Å². The fraction of sp³-hybridized carbons (Fsp3) is 0. The summed E-state index contributed by atoms with van der Waals surface area (Å²) in [6.07, 6.45) is 0. The summed E-state index contributed by atoms with van der Waals surface area (Å²) in [4.78, 5) is 10.3. The highest BCUT2D eigenvalue weighted by atomic mass is 19.2. The highest BCUT2D eigenvalue weighted by Crippen LogP contribution is 2.24. The van der Waals surface area contributed by atoms with Crippen LogP contribution < -0.4 is 11.5 Å². The zero-order valence-corrected chi connectivity index (χ0v) is 6.34. The topological polar surface area (TPSA) is 89.3 Å².